The average molecular weight is 358 g/mol. The van der Waals surface area contributed by atoms with Crippen molar-refractivity contribution in [3.8, 4) is 0 Å². The number of pyridine rings is 1. The SMILES string of the molecule is CN=C(NCc1ncccc1F)NCC(O)c1cc2ccccc2s1. The molecule has 25 heavy (non-hydrogen) atoms. The van der Waals surface area contributed by atoms with Crippen molar-refractivity contribution in [2.45, 2.75) is 12.6 Å². The number of aliphatic imine (C=N–C) groups is 1. The second kappa shape index (κ2) is 8.04. The van der Waals surface area contributed by atoms with E-state index in [2.05, 4.69) is 20.6 Å². The minimum atomic E-state index is -0.650. The van der Waals surface area contributed by atoms with Gasteiger partial charge in [-0.05, 0) is 29.7 Å². The number of nitrogens with one attached hydrogen (secondary N) is 2. The predicted molar refractivity (Wildman–Crippen MR) is 99.2 cm³/mol. The highest BCUT2D eigenvalue weighted by Crippen LogP contribution is 2.29. The molecule has 0 radical (unpaired) electrons. The smallest absolute Gasteiger partial charge is 0.191 e. The van der Waals surface area contributed by atoms with Crippen LogP contribution in [-0.2, 0) is 6.54 Å². The summed E-state index contributed by atoms with van der Waals surface area (Å²) in [7, 11) is 1.62. The van der Waals surface area contributed by atoms with Crippen LogP contribution in [0.2, 0.25) is 0 Å². The Morgan fingerprint density at radius 3 is 2.88 bits per heavy atom. The summed E-state index contributed by atoms with van der Waals surface area (Å²) in [4.78, 5) is 8.95. The van der Waals surface area contributed by atoms with E-state index in [0.717, 1.165) is 15.0 Å². The van der Waals surface area contributed by atoms with Gasteiger partial charge in [0.2, 0.25) is 0 Å². The van der Waals surface area contributed by atoms with E-state index in [1.54, 1.807) is 30.6 Å². The topological polar surface area (TPSA) is 69.5 Å². The first-order valence-corrected chi connectivity index (χ1v) is 8.69. The van der Waals surface area contributed by atoms with Crippen molar-refractivity contribution < 1.29 is 9.50 Å². The Kier molecular flexibility index (Phi) is 5.57. The lowest BCUT2D eigenvalue weighted by Gasteiger charge is -2.14. The predicted octanol–water partition coefficient (Wildman–Crippen LogP) is 2.83. The highest BCUT2D eigenvalue weighted by Gasteiger charge is 2.12. The summed E-state index contributed by atoms with van der Waals surface area (Å²) in [6.07, 6.45) is 0.893. The first kappa shape index (κ1) is 17.3. The van der Waals surface area contributed by atoms with Crippen molar-refractivity contribution >= 4 is 27.4 Å². The molecule has 3 aromatic rings. The number of benzene rings is 1. The van der Waals surface area contributed by atoms with Gasteiger partial charge in [0.05, 0.1) is 12.2 Å². The molecule has 3 N–H and O–H groups in total. The minimum absolute atomic E-state index is 0.214. The third-order valence-corrected chi connectivity index (χ3v) is 4.93. The molecule has 7 heteroatoms. The molecular formula is C18H19FN4OS. The van der Waals surface area contributed by atoms with Gasteiger partial charge in [0.15, 0.2) is 5.96 Å². The zero-order chi connectivity index (χ0) is 17.6. The molecule has 0 aliphatic rings. The molecule has 0 saturated carbocycles. The highest BCUT2D eigenvalue weighted by molar-refractivity contribution is 7.19. The number of nitrogens with zero attached hydrogens (tertiary/aromatic N) is 2. The molecule has 5 nitrogen and oxygen atoms in total. The second-order valence-corrected chi connectivity index (χ2v) is 6.56. The van der Waals surface area contributed by atoms with Gasteiger partial charge in [0.25, 0.3) is 0 Å². The summed E-state index contributed by atoms with van der Waals surface area (Å²) in [5, 5.41) is 17.5. The van der Waals surface area contributed by atoms with Gasteiger partial charge in [-0.2, -0.15) is 0 Å². The number of halogens is 1. The number of guanidine groups is 1. The highest BCUT2D eigenvalue weighted by atomic mass is 32.1. The van der Waals surface area contributed by atoms with Gasteiger partial charge in [-0.25, -0.2) is 4.39 Å². The van der Waals surface area contributed by atoms with Crippen LogP contribution in [0.3, 0.4) is 0 Å². The third kappa shape index (κ3) is 4.32. The fourth-order valence-corrected chi connectivity index (χ4v) is 3.45. The molecule has 2 heterocycles. The number of rotatable bonds is 5. The zero-order valence-corrected chi connectivity index (χ0v) is 14.6. The molecular weight excluding hydrogens is 339 g/mol. The van der Waals surface area contributed by atoms with Crippen molar-refractivity contribution in [1.82, 2.24) is 15.6 Å². The van der Waals surface area contributed by atoms with Crippen LogP contribution in [0, 0.1) is 5.82 Å². The lowest BCUT2D eigenvalue weighted by molar-refractivity contribution is 0.184. The number of aliphatic hydroxyl groups is 1. The van der Waals surface area contributed by atoms with Gasteiger partial charge >= 0.3 is 0 Å². The second-order valence-electron chi connectivity index (χ2n) is 5.44. The standard InChI is InChI=1S/C18H19FN4OS/c1-20-18(22-10-14-13(19)6-4-8-21-14)23-11-15(24)17-9-12-5-2-3-7-16(12)25-17/h2-9,15,24H,10-11H2,1H3,(H2,20,22,23). The molecule has 130 valence electrons. The number of hydrogen-bond donors (Lipinski definition) is 3. The van der Waals surface area contributed by atoms with Crippen molar-refractivity contribution in [2.24, 2.45) is 4.99 Å². The van der Waals surface area contributed by atoms with Gasteiger partial charge in [-0.3, -0.25) is 9.98 Å². The van der Waals surface area contributed by atoms with Crippen LogP contribution in [-0.4, -0.2) is 29.6 Å². The van der Waals surface area contributed by atoms with E-state index in [9.17, 15) is 9.50 Å². The fraction of sp³-hybridized carbons (Fsp3) is 0.222. The Hall–Kier alpha value is -2.51. The van der Waals surface area contributed by atoms with Crippen molar-refractivity contribution in [1.29, 1.82) is 0 Å². The Bertz CT molecular complexity index is 847. The number of aliphatic hydroxyl groups excluding tert-OH is 1. The van der Waals surface area contributed by atoms with Crippen LogP contribution in [0.15, 0.2) is 53.7 Å². The zero-order valence-electron chi connectivity index (χ0n) is 13.7. The van der Waals surface area contributed by atoms with Crippen LogP contribution in [0.4, 0.5) is 4.39 Å². The average Bonchev–Trinajstić information content (AvgIpc) is 3.07. The van der Waals surface area contributed by atoms with Crippen LogP contribution in [0.5, 0.6) is 0 Å². The number of hydrogen-bond acceptors (Lipinski definition) is 4. The molecule has 0 amide bonds. The summed E-state index contributed by atoms with van der Waals surface area (Å²) in [5.74, 6) is 0.112. The normalized spacial score (nSPS) is 13.0. The lowest BCUT2D eigenvalue weighted by atomic mass is 10.2. The van der Waals surface area contributed by atoms with Crippen molar-refractivity contribution in [2.75, 3.05) is 13.6 Å². The minimum Gasteiger partial charge on any atom is -0.386 e. The molecule has 0 aliphatic heterocycles. The fourth-order valence-electron chi connectivity index (χ4n) is 2.40. The molecule has 0 spiro atoms. The van der Waals surface area contributed by atoms with Crippen molar-refractivity contribution in [3.05, 3.63) is 65.0 Å². The van der Waals surface area contributed by atoms with E-state index in [-0.39, 0.29) is 12.4 Å². The van der Waals surface area contributed by atoms with E-state index in [0.29, 0.717) is 18.2 Å². The molecule has 3 rings (SSSR count). The molecule has 0 bridgehead atoms. The first-order chi connectivity index (χ1) is 12.2. The quantitative estimate of drug-likeness (QED) is 0.485. The van der Waals surface area contributed by atoms with E-state index in [4.69, 9.17) is 0 Å². The molecule has 2 aromatic heterocycles. The summed E-state index contributed by atoms with van der Waals surface area (Å²) in [6, 6.07) is 12.9. The van der Waals surface area contributed by atoms with Crippen LogP contribution in [0.25, 0.3) is 10.1 Å². The maximum atomic E-state index is 13.6. The monoisotopic (exact) mass is 358 g/mol. The Balaban J connectivity index is 1.56. The molecule has 1 aromatic carbocycles. The van der Waals surface area contributed by atoms with Gasteiger partial charge in [-0.1, -0.05) is 18.2 Å². The van der Waals surface area contributed by atoms with Gasteiger partial charge in [0, 0.05) is 29.4 Å². The largest absolute Gasteiger partial charge is 0.386 e. The summed E-state index contributed by atoms with van der Waals surface area (Å²) in [5.41, 5.74) is 0.315. The third-order valence-electron chi connectivity index (χ3n) is 3.72. The number of aromatic nitrogens is 1. The molecule has 1 atom stereocenters. The van der Waals surface area contributed by atoms with Gasteiger partial charge < -0.3 is 15.7 Å². The maximum absolute atomic E-state index is 13.6. The number of thiophene rings is 1. The lowest BCUT2D eigenvalue weighted by Crippen LogP contribution is -2.39. The molecule has 1 unspecified atom stereocenters. The van der Waals surface area contributed by atoms with Crippen molar-refractivity contribution in [3.63, 3.8) is 0 Å². The summed E-state index contributed by atoms with van der Waals surface area (Å²) < 4.78 is 14.7. The Morgan fingerprint density at radius 1 is 1.28 bits per heavy atom. The Morgan fingerprint density at radius 2 is 2.12 bits per heavy atom. The van der Waals surface area contributed by atoms with E-state index in [1.165, 1.54) is 6.07 Å². The van der Waals surface area contributed by atoms with Gasteiger partial charge in [-0.15, -0.1) is 11.3 Å². The Labute approximate surface area is 149 Å². The van der Waals surface area contributed by atoms with Crippen LogP contribution < -0.4 is 10.6 Å². The maximum Gasteiger partial charge on any atom is 0.191 e. The molecule has 0 fully saturated rings. The summed E-state index contributed by atoms with van der Waals surface area (Å²) in [6.45, 7) is 0.516. The first-order valence-electron chi connectivity index (χ1n) is 7.88. The number of fused-ring (bicyclic) bond motifs is 1. The molecule has 0 saturated heterocycles. The van der Waals surface area contributed by atoms with Gasteiger partial charge in [0.1, 0.15) is 11.9 Å². The van der Waals surface area contributed by atoms with E-state index >= 15 is 0 Å². The molecule has 0 aliphatic carbocycles. The van der Waals surface area contributed by atoms with Crippen LogP contribution in [0.1, 0.15) is 16.7 Å². The van der Waals surface area contributed by atoms with E-state index < -0.39 is 6.10 Å². The summed E-state index contributed by atoms with van der Waals surface area (Å²) >= 11 is 1.57. The van der Waals surface area contributed by atoms with Crippen LogP contribution >= 0.6 is 11.3 Å². The van der Waals surface area contributed by atoms with E-state index in [1.807, 2.05) is 30.3 Å².